The Kier molecular flexibility index (Phi) is 4.56. The number of nitrogens with zero attached hydrogens (tertiary/aromatic N) is 4. The molecule has 0 atom stereocenters. The summed E-state index contributed by atoms with van der Waals surface area (Å²) in [4.78, 5) is 7.97. The van der Waals surface area contributed by atoms with Crippen molar-refractivity contribution in [3.63, 3.8) is 0 Å². The van der Waals surface area contributed by atoms with Crippen molar-refractivity contribution < 1.29 is 18.3 Å². The number of aromatic nitrogens is 3. The van der Waals surface area contributed by atoms with Gasteiger partial charge in [0.1, 0.15) is 29.3 Å². The number of halogens is 3. The molecule has 0 amide bonds. The molecule has 30 heavy (non-hydrogen) atoms. The molecular weight excluding hydrogens is 393 g/mol. The van der Waals surface area contributed by atoms with Gasteiger partial charge in [0.15, 0.2) is 11.5 Å². The highest BCUT2D eigenvalue weighted by molar-refractivity contribution is 5.77. The molecule has 2 aromatic carbocycles. The first-order chi connectivity index (χ1) is 14.2. The number of imidazole rings is 1. The number of hydrogen-bond acceptors (Lipinski definition) is 4. The number of rotatable bonds is 3. The van der Waals surface area contributed by atoms with Gasteiger partial charge in [-0.2, -0.15) is 5.26 Å². The minimum Gasteiger partial charge on any atom is -0.384 e. The quantitative estimate of drug-likeness (QED) is 0.539. The summed E-state index contributed by atoms with van der Waals surface area (Å²) in [6.07, 6.45) is 2.51. The summed E-state index contributed by atoms with van der Waals surface area (Å²) in [5, 5.41) is 19.4. The molecule has 0 bridgehead atoms. The number of aliphatic hydroxyl groups is 1. The first kappa shape index (κ1) is 19.6. The highest BCUT2D eigenvalue weighted by Gasteiger charge is 2.26. The van der Waals surface area contributed by atoms with Crippen LogP contribution in [0.25, 0.3) is 28.0 Å². The van der Waals surface area contributed by atoms with Crippen LogP contribution in [0.1, 0.15) is 25.1 Å². The van der Waals surface area contributed by atoms with E-state index in [-0.39, 0.29) is 39.3 Å². The topological polar surface area (TPSA) is 74.2 Å². The summed E-state index contributed by atoms with van der Waals surface area (Å²) >= 11 is 0. The molecule has 0 spiro atoms. The van der Waals surface area contributed by atoms with E-state index in [2.05, 4.69) is 9.97 Å². The van der Waals surface area contributed by atoms with Gasteiger partial charge in [-0.15, -0.1) is 0 Å². The van der Waals surface area contributed by atoms with Gasteiger partial charge >= 0.3 is 0 Å². The zero-order chi connectivity index (χ0) is 21.6. The monoisotopic (exact) mass is 408 g/mol. The van der Waals surface area contributed by atoms with Crippen molar-refractivity contribution in [3.8, 4) is 28.5 Å². The van der Waals surface area contributed by atoms with Gasteiger partial charge in [0.05, 0.1) is 23.5 Å². The van der Waals surface area contributed by atoms with E-state index in [1.54, 1.807) is 0 Å². The van der Waals surface area contributed by atoms with Crippen molar-refractivity contribution in [2.75, 3.05) is 0 Å². The van der Waals surface area contributed by atoms with Gasteiger partial charge in [-0.25, -0.2) is 23.1 Å². The molecule has 0 aliphatic heterocycles. The third-order valence-electron chi connectivity index (χ3n) is 4.76. The van der Waals surface area contributed by atoms with Crippen LogP contribution < -0.4 is 0 Å². The molecular formula is C22H15F3N4O. The highest BCUT2D eigenvalue weighted by atomic mass is 19.1. The fourth-order valence-electron chi connectivity index (χ4n) is 3.36. The lowest BCUT2D eigenvalue weighted by atomic mass is 9.96. The van der Waals surface area contributed by atoms with E-state index in [0.717, 1.165) is 6.07 Å². The van der Waals surface area contributed by atoms with Crippen molar-refractivity contribution in [2.45, 2.75) is 19.4 Å². The van der Waals surface area contributed by atoms with E-state index in [9.17, 15) is 19.1 Å². The molecule has 8 heteroatoms. The molecule has 2 heterocycles. The second-order valence-corrected chi connectivity index (χ2v) is 7.24. The summed E-state index contributed by atoms with van der Waals surface area (Å²) in [7, 11) is 0. The maximum absolute atomic E-state index is 15.4. The smallest absolute Gasteiger partial charge is 0.190 e. The van der Waals surface area contributed by atoms with Crippen LogP contribution >= 0.6 is 0 Å². The average molecular weight is 408 g/mol. The van der Waals surface area contributed by atoms with Crippen LogP contribution in [0, 0.1) is 28.8 Å². The fraction of sp³-hybridized carbons (Fsp3) is 0.136. The minimum atomic E-state index is -1.53. The SMILES string of the molecule is CC(C)(O)c1ncn2c(-c3cccc(-c4c(F)cccc4C#N)c3F)cnc2c1F. The lowest BCUT2D eigenvalue weighted by Crippen LogP contribution is -2.20. The van der Waals surface area contributed by atoms with E-state index in [4.69, 9.17) is 0 Å². The first-order valence-electron chi connectivity index (χ1n) is 8.96. The van der Waals surface area contributed by atoms with Crippen molar-refractivity contribution in [1.82, 2.24) is 14.4 Å². The second kappa shape index (κ2) is 6.97. The normalized spacial score (nSPS) is 11.6. The van der Waals surface area contributed by atoms with E-state index in [1.807, 2.05) is 6.07 Å². The Hall–Kier alpha value is -3.70. The van der Waals surface area contributed by atoms with Gasteiger partial charge < -0.3 is 5.11 Å². The largest absolute Gasteiger partial charge is 0.384 e. The third kappa shape index (κ3) is 3.00. The van der Waals surface area contributed by atoms with Crippen molar-refractivity contribution >= 4 is 5.65 Å². The zero-order valence-corrected chi connectivity index (χ0v) is 16.0. The van der Waals surface area contributed by atoms with Crippen LogP contribution in [0.4, 0.5) is 13.2 Å². The zero-order valence-electron chi connectivity index (χ0n) is 16.0. The van der Waals surface area contributed by atoms with Gasteiger partial charge in [0.25, 0.3) is 0 Å². The van der Waals surface area contributed by atoms with Gasteiger partial charge in [0.2, 0.25) is 0 Å². The molecule has 0 aliphatic rings. The molecule has 0 unspecified atom stereocenters. The highest BCUT2D eigenvalue weighted by Crippen LogP contribution is 2.35. The van der Waals surface area contributed by atoms with Gasteiger partial charge in [0, 0.05) is 16.7 Å². The van der Waals surface area contributed by atoms with Crippen LogP contribution in [0.2, 0.25) is 0 Å². The summed E-state index contributed by atoms with van der Waals surface area (Å²) in [6.45, 7) is 2.78. The van der Waals surface area contributed by atoms with Crippen LogP contribution in [0.5, 0.6) is 0 Å². The van der Waals surface area contributed by atoms with Crippen molar-refractivity contribution in [2.24, 2.45) is 0 Å². The van der Waals surface area contributed by atoms with Crippen molar-refractivity contribution in [1.29, 1.82) is 5.26 Å². The first-order valence-corrected chi connectivity index (χ1v) is 8.96. The molecule has 0 radical (unpaired) electrons. The number of fused-ring (bicyclic) bond motifs is 1. The molecule has 1 N–H and O–H groups in total. The third-order valence-corrected chi connectivity index (χ3v) is 4.76. The number of nitriles is 1. The van der Waals surface area contributed by atoms with Gasteiger partial charge in [-0.05, 0) is 32.0 Å². The molecule has 0 saturated heterocycles. The molecule has 0 aliphatic carbocycles. The molecule has 4 aromatic rings. The standard InChI is InChI=1S/C22H15F3N4O/c1-22(2,30)20-19(25)21-27-10-16(29(21)11-28-20)13-6-4-7-14(18(13)24)17-12(9-26)5-3-8-15(17)23/h3-8,10-11,30H,1-2H3. The molecule has 4 rings (SSSR count). The van der Waals surface area contributed by atoms with E-state index >= 15 is 4.39 Å². The van der Waals surface area contributed by atoms with Crippen LogP contribution in [0.3, 0.4) is 0 Å². The van der Waals surface area contributed by atoms with Crippen LogP contribution in [0.15, 0.2) is 48.9 Å². The maximum Gasteiger partial charge on any atom is 0.190 e. The van der Waals surface area contributed by atoms with Crippen LogP contribution in [-0.4, -0.2) is 19.5 Å². The Labute approximate surface area is 169 Å². The van der Waals surface area contributed by atoms with Crippen LogP contribution in [-0.2, 0) is 5.60 Å². The predicted molar refractivity (Wildman–Crippen MR) is 104 cm³/mol. The van der Waals surface area contributed by atoms with E-state index < -0.39 is 23.1 Å². The van der Waals surface area contributed by atoms with E-state index in [1.165, 1.54) is 61.1 Å². The maximum atomic E-state index is 15.4. The minimum absolute atomic E-state index is 0.00766. The Morgan fingerprint density at radius 3 is 2.40 bits per heavy atom. The lowest BCUT2D eigenvalue weighted by molar-refractivity contribution is 0.0694. The van der Waals surface area contributed by atoms with Gasteiger partial charge in [-0.3, -0.25) is 4.40 Å². The number of hydrogen-bond donors (Lipinski definition) is 1. The Morgan fingerprint density at radius 1 is 1.00 bits per heavy atom. The predicted octanol–water partition coefficient (Wildman–Crippen LogP) is 4.58. The Bertz CT molecular complexity index is 1330. The fourth-order valence-corrected chi connectivity index (χ4v) is 3.36. The summed E-state index contributed by atoms with van der Waals surface area (Å²) < 4.78 is 45.9. The summed E-state index contributed by atoms with van der Waals surface area (Å²) in [6, 6.07) is 10.1. The number of benzene rings is 2. The second-order valence-electron chi connectivity index (χ2n) is 7.24. The lowest BCUT2D eigenvalue weighted by Gasteiger charge is -2.17. The van der Waals surface area contributed by atoms with E-state index in [0.29, 0.717) is 0 Å². The molecule has 0 fully saturated rings. The van der Waals surface area contributed by atoms with Gasteiger partial charge in [-0.1, -0.05) is 18.2 Å². The summed E-state index contributed by atoms with van der Waals surface area (Å²) in [5.74, 6) is -2.34. The summed E-state index contributed by atoms with van der Waals surface area (Å²) in [5.41, 5.74) is -1.89. The molecule has 2 aromatic heterocycles. The Morgan fingerprint density at radius 2 is 1.70 bits per heavy atom. The average Bonchev–Trinajstić information content (AvgIpc) is 3.12. The molecule has 5 nitrogen and oxygen atoms in total. The molecule has 0 saturated carbocycles. The van der Waals surface area contributed by atoms with Crippen molar-refractivity contribution in [3.05, 3.63) is 77.6 Å². The Balaban J connectivity index is 1.94. The molecule has 150 valence electrons.